The molecule has 0 aliphatic carbocycles. The van der Waals surface area contributed by atoms with Crippen molar-refractivity contribution in [2.75, 3.05) is 33.2 Å². The van der Waals surface area contributed by atoms with Crippen molar-refractivity contribution in [3.63, 3.8) is 0 Å². The van der Waals surface area contributed by atoms with Crippen LogP contribution in [-0.2, 0) is 4.74 Å². The molecule has 25 heavy (non-hydrogen) atoms. The molecule has 1 rings (SSSR count). The van der Waals surface area contributed by atoms with Gasteiger partial charge in [0.05, 0.1) is 0 Å². The molecular weight excluding hydrogens is 433 g/mol. The standard InChI is InChI=1S/C17H35N5O2.HI/c1-12(2)22-10-13(3)14(11-22)21-15(18-7)19-8-9-20-16(23)24-17(4,5)6;/h12-14H,8-11H2,1-7H3,(H,20,23)(H2,18,19,21);1H. The fourth-order valence-electron chi connectivity index (χ4n) is 2.64. The predicted molar refractivity (Wildman–Crippen MR) is 114 cm³/mol. The van der Waals surface area contributed by atoms with Crippen LogP contribution >= 0.6 is 24.0 Å². The Morgan fingerprint density at radius 3 is 2.32 bits per heavy atom. The molecule has 0 spiro atoms. The highest BCUT2D eigenvalue weighted by molar-refractivity contribution is 14.0. The van der Waals surface area contributed by atoms with Crippen molar-refractivity contribution in [3.8, 4) is 0 Å². The Morgan fingerprint density at radius 1 is 1.24 bits per heavy atom. The van der Waals surface area contributed by atoms with Crippen molar-refractivity contribution in [2.45, 2.75) is 59.2 Å². The van der Waals surface area contributed by atoms with Gasteiger partial charge in [0.25, 0.3) is 0 Å². The summed E-state index contributed by atoms with van der Waals surface area (Å²) in [6, 6.07) is 0.949. The lowest BCUT2D eigenvalue weighted by atomic mass is 10.1. The molecule has 1 aliphatic rings. The van der Waals surface area contributed by atoms with Crippen LogP contribution in [0.2, 0.25) is 0 Å². The van der Waals surface area contributed by atoms with E-state index in [1.807, 2.05) is 20.8 Å². The molecule has 3 N–H and O–H groups in total. The molecule has 1 amide bonds. The zero-order valence-corrected chi connectivity index (χ0v) is 19.0. The lowest BCUT2D eigenvalue weighted by Gasteiger charge is -2.22. The molecular formula is C17H36IN5O2. The summed E-state index contributed by atoms with van der Waals surface area (Å²) in [5.74, 6) is 1.34. The second kappa shape index (κ2) is 11.1. The van der Waals surface area contributed by atoms with Gasteiger partial charge in [0.1, 0.15) is 5.60 Å². The number of amides is 1. The van der Waals surface area contributed by atoms with Crippen LogP contribution in [0, 0.1) is 5.92 Å². The highest BCUT2D eigenvalue weighted by Crippen LogP contribution is 2.18. The van der Waals surface area contributed by atoms with Gasteiger partial charge in [-0.25, -0.2) is 4.79 Å². The average molecular weight is 469 g/mol. The van der Waals surface area contributed by atoms with Crippen LogP contribution in [-0.4, -0.2) is 67.9 Å². The Kier molecular flexibility index (Phi) is 10.7. The topological polar surface area (TPSA) is 78.0 Å². The third-order valence-electron chi connectivity index (χ3n) is 4.00. The van der Waals surface area contributed by atoms with Gasteiger partial charge in [-0.1, -0.05) is 6.92 Å². The number of hydrogen-bond donors (Lipinski definition) is 3. The maximum absolute atomic E-state index is 11.6. The molecule has 1 aliphatic heterocycles. The van der Waals surface area contributed by atoms with Crippen molar-refractivity contribution in [1.82, 2.24) is 20.9 Å². The Morgan fingerprint density at radius 2 is 1.84 bits per heavy atom. The zero-order chi connectivity index (χ0) is 18.3. The first-order chi connectivity index (χ1) is 11.1. The fourth-order valence-corrected chi connectivity index (χ4v) is 2.64. The van der Waals surface area contributed by atoms with Crippen molar-refractivity contribution in [1.29, 1.82) is 0 Å². The molecule has 8 heteroatoms. The van der Waals surface area contributed by atoms with E-state index in [-0.39, 0.29) is 24.0 Å². The molecule has 0 saturated carbocycles. The number of nitrogens with zero attached hydrogens (tertiary/aromatic N) is 2. The molecule has 1 heterocycles. The number of nitrogens with one attached hydrogen (secondary N) is 3. The maximum Gasteiger partial charge on any atom is 0.407 e. The molecule has 2 unspecified atom stereocenters. The molecule has 1 fully saturated rings. The average Bonchev–Trinajstić information content (AvgIpc) is 2.81. The molecule has 1 saturated heterocycles. The monoisotopic (exact) mass is 469 g/mol. The summed E-state index contributed by atoms with van der Waals surface area (Å²) in [5, 5.41) is 9.44. The first kappa shape index (κ1) is 24.2. The summed E-state index contributed by atoms with van der Waals surface area (Å²) in [6.07, 6.45) is -0.399. The van der Waals surface area contributed by atoms with Gasteiger partial charge in [0, 0.05) is 45.3 Å². The van der Waals surface area contributed by atoms with Gasteiger partial charge in [0.2, 0.25) is 0 Å². The van der Waals surface area contributed by atoms with Crippen molar-refractivity contribution >= 4 is 36.0 Å². The highest BCUT2D eigenvalue weighted by atomic mass is 127. The first-order valence-corrected chi connectivity index (χ1v) is 8.80. The number of rotatable bonds is 5. The number of ether oxygens (including phenoxy) is 1. The minimum absolute atomic E-state index is 0. The van der Waals surface area contributed by atoms with Gasteiger partial charge in [-0.3, -0.25) is 9.89 Å². The van der Waals surface area contributed by atoms with Crippen LogP contribution in [0.1, 0.15) is 41.5 Å². The lowest BCUT2D eigenvalue weighted by molar-refractivity contribution is 0.0529. The maximum atomic E-state index is 11.6. The smallest absolute Gasteiger partial charge is 0.407 e. The number of carbonyl (C=O) groups is 1. The summed E-state index contributed by atoms with van der Waals surface area (Å²) in [4.78, 5) is 18.3. The normalized spacial score (nSPS) is 21.7. The number of aliphatic imine (C=N–C) groups is 1. The molecule has 0 bridgehead atoms. The predicted octanol–water partition coefficient (Wildman–Crippen LogP) is 2.02. The van der Waals surface area contributed by atoms with Crippen LogP contribution in [0.4, 0.5) is 4.79 Å². The van der Waals surface area contributed by atoms with E-state index in [4.69, 9.17) is 4.74 Å². The van der Waals surface area contributed by atoms with Crippen LogP contribution in [0.15, 0.2) is 4.99 Å². The fraction of sp³-hybridized carbons (Fsp3) is 0.882. The van der Waals surface area contributed by atoms with E-state index in [0.29, 0.717) is 31.1 Å². The summed E-state index contributed by atoms with van der Waals surface area (Å²) in [6.45, 7) is 15.5. The third-order valence-corrected chi connectivity index (χ3v) is 4.00. The summed E-state index contributed by atoms with van der Waals surface area (Å²) in [5.41, 5.74) is -0.476. The van der Waals surface area contributed by atoms with Crippen molar-refractivity contribution in [3.05, 3.63) is 0 Å². The first-order valence-electron chi connectivity index (χ1n) is 8.80. The van der Waals surface area contributed by atoms with E-state index in [1.54, 1.807) is 7.05 Å². The van der Waals surface area contributed by atoms with Gasteiger partial charge in [-0.05, 0) is 40.5 Å². The van der Waals surface area contributed by atoms with Crippen LogP contribution in [0.5, 0.6) is 0 Å². The van der Waals surface area contributed by atoms with E-state index in [2.05, 4.69) is 46.6 Å². The van der Waals surface area contributed by atoms with Gasteiger partial charge >= 0.3 is 6.09 Å². The lowest BCUT2D eigenvalue weighted by Crippen LogP contribution is -2.48. The number of likely N-dealkylation sites (tertiary alicyclic amines) is 1. The van der Waals surface area contributed by atoms with E-state index < -0.39 is 11.7 Å². The SMILES string of the molecule is CN=C(NCCNC(=O)OC(C)(C)C)NC1CN(C(C)C)CC1C.I. The Hall–Kier alpha value is -0.770. The minimum atomic E-state index is -0.476. The molecule has 0 aromatic carbocycles. The summed E-state index contributed by atoms with van der Waals surface area (Å²) < 4.78 is 5.20. The number of hydrogen-bond acceptors (Lipinski definition) is 4. The summed E-state index contributed by atoms with van der Waals surface area (Å²) >= 11 is 0. The summed E-state index contributed by atoms with van der Waals surface area (Å²) in [7, 11) is 1.76. The van der Waals surface area contributed by atoms with Crippen molar-refractivity contribution < 1.29 is 9.53 Å². The second-order valence-corrected chi connectivity index (χ2v) is 7.70. The minimum Gasteiger partial charge on any atom is -0.444 e. The van der Waals surface area contributed by atoms with E-state index in [0.717, 1.165) is 19.0 Å². The number of guanidine groups is 1. The van der Waals surface area contributed by atoms with Crippen molar-refractivity contribution in [2.24, 2.45) is 10.9 Å². The van der Waals surface area contributed by atoms with Crippen LogP contribution < -0.4 is 16.0 Å². The quantitative estimate of drug-likeness (QED) is 0.249. The molecule has 148 valence electrons. The molecule has 2 atom stereocenters. The Bertz CT molecular complexity index is 437. The van der Waals surface area contributed by atoms with Gasteiger partial charge < -0.3 is 20.7 Å². The van der Waals surface area contributed by atoms with Crippen LogP contribution in [0.25, 0.3) is 0 Å². The van der Waals surface area contributed by atoms with Crippen LogP contribution in [0.3, 0.4) is 0 Å². The molecule has 0 aromatic rings. The number of carbonyl (C=O) groups excluding carboxylic acids is 1. The highest BCUT2D eigenvalue weighted by Gasteiger charge is 2.31. The molecule has 7 nitrogen and oxygen atoms in total. The zero-order valence-electron chi connectivity index (χ0n) is 16.7. The van der Waals surface area contributed by atoms with E-state index in [9.17, 15) is 4.79 Å². The Balaban J connectivity index is 0.00000576. The number of halogens is 1. The van der Waals surface area contributed by atoms with Gasteiger partial charge in [-0.15, -0.1) is 24.0 Å². The number of alkyl carbamates (subject to hydrolysis) is 1. The third kappa shape index (κ3) is 9.48. The van der Waals surface area contributed by atoms with E-state index in [1.165, 1.54) is 0 Å². The molecule has 0 aromatic heterocycles. The Labute approximate surface area is 169 Å². The largest absolute Gasteiger partial charge is 0.444 e. The molecule has 0 radical (unpaired) electrons. The second-order valence-electron chi connectivity index (χ2n) is 7.70. The van der Waals surface area contributed by atoms with Gasteiger partial charge in [0.15, 0.2) is 5.96 Å². The van der Waals surface area contributed by atoms with E-state index >= 15 is 0 Å². The van der Waals surface area contributed by atoms with Gasteiger partial charge in [-0.2, -0.15) is 0 Å².